The number of nitrogens with one attached hydrogen (secondary N) is 1. The molecular formula is C10H15NO4. The number of amides is 1. The molecule has 0 saturated heterocycles. The summed E-state index contributed by atoms with van der Waals surface area (Å²) in [6.45, 7) is -0.552. The summed E-state index contributed by atoms with van der Waals surface area (Å²) in [6, 6.07) is -1.15. The Morgan fingerprint density at radius 2 is 1.93 bits per heavy atom. The number of carbonyl (C=O) groups excluding carboxylic acids is 1. The highest BCUT2D eigenvalue weighted by Crippen LogP contribution is 2.57. The first-order valence-electron chi connectivity index (χ1n) is 5.29. The zero-order valence-corrected chi connectivity index (χ0v) is 8.35. The molecule has 2 aliphatic rings. The maximum Gasteiger partial charge on any atom is 0.328 e. The van der Waals surface area contributed by atoms with Gasteiger partial charge in [0.05, 0.1) is 6.61 Å². The van der Waals surface area contributed by atoms with Gasteiger partial charge in [-0.1, -0.05) is 6.42 Å². The third-order valence-corrected chi connectivity index (χ3v) is 3.51. The third-order valence-electron chi connectivity index (χ3n) is 3.51. The average Bonchev–Trinajstić information content (AvgIpc) is 2.68. The normalized spacial score (nSPS) is 34.3. The molecule has 0 bridgehead atoms. The second-order valence-corrected chi connectivity index (χ2v) is 4.37. The Morgan fingerprint density at radius 3 is 2.40 bits per heavy atom. The molecule has 1 amide bonds. The zero-order chi connectivity index (χ0) is 11.0. The number of aliphatic carboxylic acids is 1. The van der Waals surface area contributed by atoms with E-state index in [9.17, 15) is 9.59 Å². The molecule has 0 aromatic carbocycles. The quantitative estimate of drug-likeness (QED) is 0.592. The van der Waals surface area contributed by atoms with Crippen LogP contribution < -0.4 is 5.32 Å². The van der Waals surface area contributed by atoms with Gasteiger partial charge in [0, 0.05) is 5.92 Å². The van der Waals surface area contributed by atoms with Crippen molar-refractivity contribution in [2.24, 2.45) is 17.8 Å². The van der Waals surface area contributed by atoms with Crippen LogP contribution in [0.5, 0.6) is 0 Å². The standard InChI is InChI=1S/C10H15NO4/c12-4-7(10(14)15)11-9(13)8-5-2-1-3-6(5)8/h5-8,12H,1-4H2,(H,11,13)(H,14,15)/t5?,6?,7-,8?/m1/s1. The molecule has 5 nitrogen and oxygen atoms in total. The molecule has 0 spiro atoms. The Hall–Kier alpha value is -1.10. The Morgan fingerprint density at radius 1 is 1.33 bits per heavy atom. The van der Waals surface area contributed by atoms with Gasteiger partial charge in [0.15, 0.2) is 0 Å². The van der Waals surface area contributed by atoms with E-state index in [1.54, 1.807) is 0 Å². The van der Waals surface area contributed by atoms with E-state index in [1.807, 2.05) is 0 Å². The average molecular weight is 213 g/mol. The first-order valence-corrected chi connectivity index (χ1v) is 5.29. The highest BCUT2D eigenvalue weighted by molar-refractivity contribution is 5.87. The summed E-state index contributed by atoms with van der Waals surface area (Å²) in [4.78, 5) is 22.2. The molecule has 0 aromatic heterocycles. The van der Waals surface area contributed by atoms with Gasteiger partial charge in [0.1, 0.15) is 6.04 Å². The van der Waals surface area contributed by atoms with Crippen LogP contribution in [0.3, 0.4) is 0 Å². The van der Waals surface area contributed by atoms with E-state index in [2.05, 4.69) is 5.32 Å². The molecule has 15 heavy (non-hydrogen) atoms. The second kappa shape index (κ2) is 3.81. The lowest BCUT2D eigenvalue weighted by Gasteiger charge is -2.12. The van der Waals surface area contributed by atoms with Gasteiger partial charge in [0.25, 0.3) is 0 Å². The van der Waals surface area contributed by atoms with Crippen LogP contribution in [0.25, 0.3) is 0 Å². The van der Waals surface area contributed by atoms with Crippen LogP contribution in [0.1, 0.15) is 19.3 Å². The number of hydrogen-bond donors (Lipinski definition) is 3. The summed E-state index contributed by atoms with van der Waals surface area (Å²) >= 11 is 0. The summed E-state index contributed by atoms with van der Waals surface area (Å²) < 4.78 is 0. The molecule has 0 aromatic rings. The molecule has 2 aliphatic carbocycles. The molecule has 2 rings (SSSR count). The minimum Gasteiger partial charge on any atom is -0.480 e. The monoisotopic (exact) mass is 213 g/mol. The number of aliphatic hydroxyl groups excluding tert-OH is 1. The topological polar surface area (TPSA) is 86.6 Å². The van der Waals surface area contributed by atoms with E-state index in [0.29, 0.717) is 11.8 Å². The van der Waals surface area contributed by atoms with Crippen molar-refractivity contribution < 1.29 is 19.8 Å². The lowest BCUT2D eigenvalue weighted by Crippen LogP contribution is -2.44. The number of carbonyl (C=O) groups is 2. The summed E-state index contributed by atoms with van der Waals surface area (Å²) in [6.07, 6.45) is 3.35. The van der Waals surface area contributed by atoms with Gasteiger partial charge in [-0.3, -0.25) is 4.79 Å². The number of aliphatic hydroxyl groups is 1. The molecule has 3 atom stereocenters. The van der Waals surface area contributed by atoms with Gasteiger partial charge in [-0.15, -0.1) is 0 Å². The fourth-order valence-corrected chi connectivity index (χ4v) is 2.66. The number of rotatable bonds is 4. The second-order valence-electron chi connectivity index (χ2n) is 4.37. The van der Waals surface area contributed by atoms with Crippen molar-refractivity contribution in [1.29, 1.82) is 0 Å². The van der Waals surface area contributed by atoms with Crippen LogP contribution >= 0.6 is 0 Å². The van der Waals surface area contributed by atoms with Crippen molar-refractivity contribution in [3.8, 4) is 0 Å². The van der Waals surface area contributed by atoms with Gasteiger partial charge < -0.3 is 15.5 Å². The Kier molecular flexibility index (Phi) is 2.65. The highest BCUT2D eigenvalue weighted by Gasteiger charge is 2.56. The highest BCUT2D eigenvalue weighted by atomic mass is 16.4. The summed E-state index contributed by atoms with van der Waals surface area (Å²) in [5.41, 5.74) is 0. The SMILES string of the molecule is O=C(N[C@H](CO)C(=O)O)C1C2CCCC21. The predicted octanol–water partition coefficient (Wildman–Crippen LogP) is -0.406. The number of fused-ring (bicyclic) bond motifs is 1. The third kappa shape index (κ3) is 1.84. The summed E-state index contributed by atoms with van der Waals surface area (Å²) in [5, 5.41) is 19.8. The maximum atomic E-state index is 11.6. The van der Waals surface area contributed by atoms with E-state index >= 15 is 0 Å². The molecule has 0 heterocycles. The van der Waals surface area contributed by atoms with Crippen LogP contribution in [0, 0.1) is 17.8 Å². The van der Waals surface area contributed by atoms with Crippen molar-refractivity contribution in [3.05, 3.63) is 0 Å². The van der Waals surface area contributed by atoms with Crippen LogP contribution in [0.2, 0.25) is 0 Å². The fourth-order valence-electron chi connectivity index (χ4n) is 2.66. The lowest BCUT2D eigenvalue weighted by molar-refractivity contribution is -0.143. The Bertz CT molecular complexity index is 281. The number of hydrogen-bond acceptors (Lipinski definition) is 3. The minimum absolute atomic E-state index is 0.00662. The fraction of sp³-hybridized carbons (Fsp3) is 0.800. The van der Waals surface area contributed by atoms with Crippen molar-refractivity contribution in [2.75, 3.05) is 6.61 Å². The van der Waals surface area contributed by atoms with Crippen LogP contribution in [0.15, 0.2) is 0 Å². The van der Waals surface area contributed by atoms with Crippen molar-refractivity contribution >= 4 is 11.9 Å². The molecule has 3 N–H and O–H groups in total. The maximum absolute atomic E-state index is 11.6. The summed E-state index contributed by atoms with van der Waals surface area (Å²) in [7, 11) is 0. The van der Waals surface area contributed by atoms with E-state index in [0.717, 1.165) is 12.8 Å². The molecule has 84 valence electrons. The minimum atomic E-state index is -1.18. The summed E-state index contributed by atoms with van der Waals surface area (Å²) in [5.74, 6) is -0.439. The number of carboxylic acids is 1. The van der Waals surface area contributed by atoms with E-state index < -0.39 is 18.6 Å². The first kappa shape index (κ1) is 10.4. The van der Waals surface area contributed by atoms with E-state index in [1.165, 1.54) is 6.42 Å². The molecule has 2 unspecified atom stereocenters. The number of carboxylic acid groups (broad SMARTS) is 1. The molecule has 5 heteroatoms. The molecule has 2 saturated carbocycles. The molecular weight excluding hydrogens is 198 g/mol. The van der Waals surface area contributed by atoms with E-state index in [4.69, 9.17) is 10.2 Å². The first-order chi connectivity index (χ1) is 7.15. The van der Waals surface area contributed by atoms with Gasteiger partial charge >= 0.3 is 5.97 Å². The molecule has 0 radical (unpaired) electrons. The van der Waals surface area contributed by atoms with Gasteiger partial charge in [0.2, 0.25) is 5.91 Å². The Balaban J connectivity index is 1.85. The van der Waals surface area contributed by atoms with E-state index in [-0.39, 0.29) is 11.8 Å². The van der Waals surface area contributed by atoms with Crippen molar-refractivity contribution in [3.63, 3.8) is 0 Å². The predicted molar refractivity (Wildman–Crippen MR) is 51.0 cm³/mol. The van der Waals surface area contributed by atoms with Gasteiger partial charge in [-0.25, -0.2) is 4.79 Å². The van der Waals surface area contributed by atoms with Crippen molar-refractivity contribution in [2.45, 2.75) is 25.3 Å². The Labute approximate surface area is 87.5 Å². The van der Waals surface area contributed by atoms with Crippen LogP contribution in [0.4, 0.5) is 0 Å². The zero-order valence-electron chi connectivity index (χ0n) is 8.35. The van der Waals surface area contributed by atoms with Gasteiger partial charge in [-0.05, 0) is 24.7 Å². The lowest BCUT2D eigenvalue weighted by atomic mass is 10.1. The van der Waals surface area contributed by atoms with Crippen LogP contribution in [-0.4, -0.2) is 34.7 Å². The van der Waals surface area contributed by atoms with Crippen LogP contribution in [-0.2, 0) is 9.59 Å². The van der Waals surface area contributed by atoms with Gasteiger partial charge in [-0.2, -0.15) is 0 Å². The largest absolute Gasteiger partial charge is 0.480 e. The van der Waals surface area contributed by atoms with Crippen molar-refractivity contribution in [1.82, 2.24) is 5.32 Å². The molecule has 2 fully saturated rings. The molecule has 0 aliphatic heterocycles. The smallest absolute Gasteiger partial charge is 0.328 e.